The van der Waals surface area contributed by atoms with Crippen LogP contribution < -0.4 is 0 Å². The predicted molar refractivity (Wildman–Crippen MR) is 169 cm³/mol. The van der Waals surface area contributed by atoms with Gasteiger partial charge in [-0.05, 0) is 83.9 Å². The summed E-state index contributed by atoms with van der Waals surface area (Å²) in [5, 5.41) is 0.569. The number of fused-ring (bicyclic) bond motifs is 2. The topological polar surface area (TPSA) is 18.5 Å². The van der Waals surface area contributed by atoms with Crippen molar-refractivity contribution in [3.63, 3.8) is 0 Å². The second-order valence-electron chi connectivity index (χ2n) is 17.6. The van der Waals surface area contributed by atoms with Crippen LogP contribution in [0.4, 0.5) is 0 Å². The normalized spacial score (nSPS) is 37.9. The minimum atomic E-state index is -1.81. The number of hydrogen-bond donors (Lipinski definition) is 0. The highest BCUT2D eigenvalue weighted by Crippen LogP contribution is 2.63. The van der Waals surface area contributed by atoms with Gasteiger partial charge < -0.3 is 8.85 Å². The Morgan fingerprint density at radius 1 is 0.514 bits per heavy atom. The Bertz CT molecular complexity index is 729. The molecule has 0 heterocycles. The molecule has 0 amide bonds. The van der Waals surface area contributed by atoms with Crippen molar-refractivity contribution in [1.29, 1.82) is 0 Å². The van der Waals surface area contributed by atoms with Crippen molar-refractivity contribution in [2.24, 2.45) is 23.7 Å². The Balaban J connectivity index is 1.71. The molecule has 0 aliphatic heterocycles. The molecule has 5 heteroatoms. The molecule has 0 N–H and O–H groups in total. The minimum Gasteiger partial charge on any atom is -0.414 e. The molecule has 4 fully saturated rings. The van der Waals surface area contributed by atoms with E-state index in [9.17, 15) is 0 Å². The van der Waals surface area contributed by atoms with Crippen LogP contribution in [0.1, 0.15) is 106 Å². The molecule has 4 rings (SSSR count). The summed E-state index contributed by atoms with van der Waals surface area (Å²) in [4.78, 5) is 0. The van der Waals surface area contributed by atoms with Gasteiger partial charge >= 0.3 is 0 Å². The maximum atomic E-state index is 7.48. The van der Waals surface area contributed by atoms with Crippen molar-refractivity contribution in [2.45, 2.75) is 178 Å². The van der Waals surface area contributed by atoms with E-state index in [1.54, 1.807) is 0 Å². The molecular formula is C32H64O2Si3. The van der Waals surface area contributed by atoms with Gasteiger partial charge in [-0.3, -0.25) is 0 Å². The third-order valence-electron chi connectivity index (χ3n) is 13.0. The van der Waals surface area contributed by atoms with E-state index in [4.69, 9.17) is 8.85 Å². The maximum absolute atomic E-state index is 7.48. The molecule has 0 aromatic carbocycles. The average molecular weight is 565 g/mol. The van der Waals surface area contributed by atoms with Crippen LogP contribution in [0.5, 0.6) is 0 Å². The van der Waals surface area contributed by atoms with Crippen molar-refractivity contribution in [1.82, 2.24) is 0 Å². The third kappa shape index (κ3) is 5.83. The lowest BCUT2D eigenvalue weighted by atomic mass is 9.81. The zero-order valence-corrected chi connectivity index (χ0v) is 30.0. The van der Waals surface area contributed by atoms with Gasteiger partial charge in [0.05, 0.1) is 8.07 Å². The van der Waals surface area contributed by atoms with Crippen LogP contribution in [0.15, 0.2) is 0 Å². The predicted octanol–water partition coefficient (Wildman–Crippen LogP) is 10.6. The van der Waals surface area contributed by atoms with Gasteiger partial charge in [-0.1, -0.05) is 106 Å². The van der Waals surface area contributed by atoms with E-state index in [1.807, 2.05) is 0 Å². The zero-order chi connectivity index (χ0) is 27.6. The molecule has 4 aliphatic carbocycles. The summed E-state index contributed by atoms with van der Waals surface area (Å²) < 4.78 is 15.0. The highest BCUT2D eigenvalue weighted by molar-refractivity contribution is 6.81. The molecule has 8 unspecified atom stereocenters. The Morgan fingerprint density at radius 2 is 0.838 bits per heavy atom. The van der Waals surface area contributed by atoms with Crippen molar-refractivity contribution < 1.29 is 8.85 Å². The van der Waals surface area contributed by atoms with E-state index in [0.29, 0.717) is 12.2 Å². The maximum Gasteiger partial charge on any atom is 0.192 e. The van der Waals surface area contributed by atoms with Gasteiger partial charge in [0.2, 0.25) is 0 Å². The first kappa shape index (κ1) is 30.5. The fourth-order valence-electron chi connectivity index (χ4n) is 9.08. The van der Waals surface area contributed by atoms with Gasteiger partial charge in [-0.2, -0.15) is 0 Å². The van der Waals surface area contributed by atoms with E-state index < -0.39 is 24.7 Å². The fourth-order valence-corrected chi connectivity index (χ4v) is 17.9. The third-order valence-corrected chi connectivity index (χ3v) is 27.0. The summed E-state index contributed by atoms with van der Waals surface area (Å²) >= 11 is 0. The molecule has 216 valence electrons. The average Bonchev–Trinajstić information content (AvgIpc) is 3.29. The fraction of sp³-hybridized carbons (Fsp3) is 1.00. The number of rotatable bonds is 6. The lowest BCUT2D eigenvalue weighted by Gasteiger charge is -2.50. The summed E-state index contributed by atoms with van der Waals surface area (Å²) in [7, 11) is -5.33. The summed E-state index contributed by atoms with van der Waals surface area (Å²) in [6.07, 6.45) is 15.4. The molecule has 0 radical (unpaired) electrons. The molecule has 0 saturated heterocycles. The van der Waals surface area contributed by atoms with E-state index in [-0.39, 0.29) is 10.1 Å². The Kier molecular flexibility index (Phi) is 8.61. The van der Waals surface area contributed by atoms with Crippen LogP contribution in [-0.2, 0) is 8.85 Å². The second-order valence-corrected chi connectivity index (χ2v) is 32.1. The first-order valence-electron chi connectivity index (χ1n) is 16.2. The summed E-state index contributed by atoms with van der Waals surface area (Å²) in [6.45, 7) is 30.3. The number of hydrogen-bond acceptors (Lipinski definition) is 2. The molecule has 8 atom stereocenters. The molecule has 37 heavy (non-hydrogen) atoms. The first-order valence-corrected chi connectivity index (χ1v) is 25.2. The van der Waals surface area contributed by atoms with Gasteiger partial charge in [-0.15, -0.1) is 0 Å². The van der Waals surface area contributed by atoms with Gasteiger partial charge in [-0.25, -0.2) is 0 Å². The van der Waals surface area contributed by atoms with Crippen LogP contribution >= 0.6 is 0 Å². The Labute approximate surface area is 235 Å². The van der Waals surface area contributed by atoms with Crippen LogP contribution in [0.2, 0.25) is 60.4 Å². The summed E-state index contributed by atoms with van der Waals surface area (Å²) in [5.41, 5.74) is 1.64. The van der Waals surface area contributed by atoms with E-state index in [2.05, 4.69) is 80.8 Å². The molecule has 0 bridgehead atoms. The van der Waals surface area contributed by atoms with Crippen molar-refractivity contribution in [3.8, 4) is 0 Å². The van der Waals surface area contributed by atoms with Crippen LogP contribution in [-0.4, -0.2) is 36.9 Å². The summed E-state index contributed by atoms with van der Waals surface area (Å²) in [6, 6.07) is 0. The minimum absolute atomic E-state index is 0.285. The molecular weight excluding hydrogens is 501 g/mol. The zero-order valence-electron chi connectivity index (χ0n) is 27.0. The first-order chi connectivity index (χ1) is 16.9. The molecule has 0 aromatic heterocycles. The monoisotopic (exact) mass is 564 g/mol. The van der Waals surface area contributed by atoms with Gasteiger partial charge in [0.25, 0.3) is 0 Å². The highest BCUT2D eigenvalue weighted by atomic mass is 28.4. The lowest BCUT2D eigenvalue weighted by molar-refractivity contribution is 0.164. The van der Waals surface area contributed by atoms with Crippen LogP contribution in [0.3, 0.4) is 0 Å². The summed E-state index contributed by atoms with van der Waals surface area (Å²) in [5.74, 6) is 3.68. The van der Waals surface area contributed by atoms with Crippen molar-refractivity contribution >= 4 is 24.7 Å². The molecule has 2 nitrogen and oxygen atoms in total. The molecule has 4 saturated carbocycles. The molecule has 0 aromatic rings. The standard InChI is InChI=1S/C32H64O2Si3/c1-31(2,3)36(9,10)33-27-21-23-17-13-15-19-25(23)29(27)35(7,8)30-26-20-16-14-18-24(26)22-28(30)34-37(11,12)32(4,5)6/h23-30H,13-22H2,1-12H3. The second kappa shape index (κ2) is 10.4. The van der Waals surface area contributed by atoms with Crippen LogP contribution in [0, 0.1) is 23.7 Å². The van der Waals surface area contributed by atoms with E-state index >= 15 is 0 Å². The van der Waals surface area contributed by atoms with Gasteiger partial charge in [0.1, 0.15) is 0 Å². The lowest BCUT2D eigenvalue weighted by Crippen LogP contribution is -2.54. The molecule has 0 spiro atoms. The quantitative estimate of drug-likeness (QED) is 0.299. The van der Waals surface area contributed by atoms with E-state index in [0.717, 1.165) is 34.8 Å². The molecule has 4 aliphatic rings. The Morgan fingerprint density at radius 3 is 1.16 bits per heavy atom. The highest BCUT2D eigenvalue weighted by Gasteiger charge is 2.61. The smallest absolute Gasteiger partial charge is 0.192 e. The SMILES string of the molecule is CC(C)(C)[Si](C)(C)OC1CC2CCCCC2C1[Si](C)(C)C1C(O[Si](C)(C)C(C)(C)C)CC2CCCCC21. The van der Waals surface area contributed by atoms with Gasteiger partial charge in [0.15, 0.2) is 16.6 Å². The van der Waals surface area contributed by atoms with Crippen molar-refractivity contribution in [3.05, 3.63) is 0 Å². The van der Waals surface area contributed by atoms with E-state index in [1.165, 1.54) is 64.2 Å². The van der Waals surface area contributed by atoms with Crippen LogP contribution in [0.25, 0.3) is 0 Å². The van der Waals surface area contributed by atoms with Crippen molar-refractivity contribution in [2.75, 3.05) is 0 Å². The van der Waals surface area contributed by atoms with Gasteiger partial charge in [0, 0.05) is 12.2 Å². The largest absolute Gasteiger partial charge is 0.414 e. The Hall–Kier alpha value is 0.571.